The van der Waals surface area contributed by atoms with E-state index in [-0.39, 0.29) is 13.5 Å². The fraction of sp³-hybridized carbons (Fsp3) is 0. The highest BCUT2D eigenvalue weighted by Crippen LogP contribution is 2.39. The molecular weight excluding hydrogens is 709 g/mol. The van der Waals surface area contributed by atoms with E-state index in [2.05, 4.69) is 223 Å². The van der Waals surface area contributed by atoms with Crippen molar-refractivity contribution >= 4 is 57.9 Å². The molecule has 0 atom stereocenters. The number of hydrogen-bond acceptors (Lipinski definition) is 1. The molecule has 1 aromatic heterocycles. The standard InChI is InChI=1S/C54H40N2.H2S/c1-3-13-39(4-2)41-24-31-48(32-25-41)55(49-33-26-43(27-34-49)40-14-7-5-8-15-40)50-35-28-44(29-36-50)42-20-22-45(23-21-42)46-30-37-54-52(38-46)51-18-11-12-19-53(51)56(54)47-16-9-6-10-17-47;/h3-38H,1-2H2;1H2/b39-13+;. The van der Waals surface area contributed by atoms with Crippen molar-refractivity contribution in [3.8, 4) is 39.1 Å². The highest BCUT2D eigenvalue weighted by Gasteiger charge is 2.15. The van der Waals surface area contributed by atoms with E-state index in [9.17, 15) is 0 Å². The molecule has 0 N–H and O–H groups in total. The Morgan fingerprint density at radius 1 is 0.421 bits per heavy atom. The molecule has 0 aliphatic rings. The summed E-state index contributed by atoms with van der Waals surface area (Å²) in [5.74, 6) is 0. The van der Waals surface area contributed by atoms with Gasteiger partial charge < -0.3 is 9.47 Å². The van der Waals surface area contributed by atoms with Crippen molar-refractivity contribution in [1.82, 2.24) is 4.57 Å². The van der Waals surface area contributed by atoms with Crippen molar-refractivity contribution in [1.29, 1.82) is 0 Å². The van der Waals surface area contributed by atoms with Gasteiger partial charge in [0.05, 0.1) is 11.0 Å². The monoisotopic (exact) mass is 750 g/mol. The zero-order chi connectivity index (χ0) is 37.8. The summed E-state index contributed by atoms with van der Waals surface area (Å²) in [6, 6.07) is 71.9. The lowest BCUT2D eigenvalue weighted by Gasteiger charge is -2.26. The van der Waals surface area contributed by atoms with Crippen molar-refractivity contribution in [2.75, 3.05) is 4.90 Å². The first-order valence-corrected chi connectivity index (χ1v) is 19.0. The summed E-state index contributed by atoms with van der Waals surface area (Å²) in [6.45, 7) is 7.87. The lowest BCUT2D eigenvalue weighted by atomic mass is 9.98. The van der Waals surface area contributed by atoms with Crippen LogP contribution in [0.5, 0.6) is 0 Å². The second-order valence-corrected chi connectivity index (χ2v) is 13.9. The predicted octanol–water partition coefficient (Wildman–Crippen LogP) is 15.1. The van der Waals surface area contributed by atoms with Crippen LogP contribution in [-0.4, -0.2) is 4.57 Å². The summed E-state index contributed by atoms with van der Waals surface area (Å²) in [5, 5.41) is 2.51. The van der Waals surface area contributed by atoms with Gasteiger partial charge in [-0.1, -0.05) is 165 Å². The van der Waals surface area contributed by atoms with Gasteiger partial charge in [0.15, 0.2) is 0 Å². The maximum Gasteiger partial charge on any atom is 0.0541 e. The van der Waals surface area contributed by atoms with Crippen molar-refractivity contribution in [3.63, 3.8) is 0 Å². The smallest absolute Gasteiger partial charge is 0.0541 e. The highest BCUT2D eigenvalue weighted by atomic mass is 32.1. The Morgan fingerprint density at radius 3 is 1.42 bits per heavy atom. The number of allylic oxidation sites excluding steroid dienone is 4. The molecule has 3 heteroatoms. The molecule has 0 unspecified atom stereocenters. The fourth-order valence-electron chi connectivity index (χ4n) is 7.76. The fourth-order valence-corrected chi connectivity index (χ4v) is 7.76. The Hall–Kier alpha value is -7.07. The molecule has 57 heavy (non-hydrogen) atoms. The molecule has 274 valence electrons. The summed E-state index contributed by atoms with van der Waals surface area (Å²) in [6.07, 6.45) is 5.65. The third kappa shape index (κ3) is 7.25. The molecule has 8 aromatic carbocycles. The minimum atomic E-state index is 0. The number of para-hydroxylation sites is 2. The zero-order valence-corrected chi connectivity index (χ0v) is 32.6. The van der Waals surface area contributed by atoms with E-state index in [1.54, 1.807) is 6.08 Å². The van der Waals surface area contributed by atoms with Crippen LogP contribution in [0.15, 0.2) is 232 Å². The van der Waals surface area contributed by atoms with Gasteiger partial charge in [-0.3, -0.25) is 0 Å². The Kier molecular flexibility index (Phi) is 10.6. The molecule has 0 bridgehead atoms. The van der Waals surface area contributed by atoms with Gasteiger partial charge in [-0.25, -0.2) is 0 Å². The molecule has 2 nitrogen and oxygen atoms in total. The Morgan fingerprint density at radius 2 is 0.860 bits per heavy atom. The molecule has 9 aromatic rings. The van der Waals surface area contributed by atoms with Crippen LogP contribution in [0.3, 0.4) is 0 Å². The number of hydrogen-bond donors (Lipinski definition) is 0. The number of aromatic nitrogens is 1. The van der Waals surface area contributed by atoms with Gasteiger partial charge in [-0.15, -0.1) is 0 Å². The van der Waals surface area contributed by atoms with Gasteiger partial charge in [0.1, 0.15) is 0 Å². The van der Waals surface area contributed by atoms with Crippen LogP contribution in [0.25, 0.3) is 66.4 Å². The predicted molar refractivity (Wildman–Crippen MR) is 251 cm³/mol. The molecule has 0 fully saturated rings. The van der Waals surface area contributed by atoms with E-state index >= 15 is 0 Å². The van der Waals surface area contributed by atoms with Crippen molar-refractivity contribution in [2.45, 2.75) is 0 Å². The van der Waals surface area contributed by atoms with Gasteiger partial charge in [-0.2, -0.15) is 13.5 Å². The van der Waals surface area contributed by atoms with Crippen molar-refractivity contribution in [3.05, 3.63) is 237 Å². The van der Waals surface area contributed by atoms with Crippen LogP contribution in [-0.2, 0) is 0 Å². The Balaban J connectivity index is 0.00000455. The van der Waals surface area contributed by atoms with E-state index < -0.39 is 0 Å². The second-order valence-electron chi connectivity index (χ2n) is 13.9. The maximum absolute atomic E-state index is 4.00. The van der Waals surface area contributed by atoms with E-state index in [0.717, 1.165) is 28.2 Å². The third-order valence-electron chi connectivity index (χ3n) is 10.6. The summed E-state index contributed by atoms with van der Waals surface area (Å²) in [5.41, 5.74) is 16.1. The van der Waals surface area contributed by atoms with Crippen LogP contribution in [0.1, 0.15) is 5.56 Å². The van der Waals surface area contributed by atoms with Crippen LogP contribution >= 0.6 is 13.5 Å². The number of fused-ring (bicyclic) bond motifs is 3. The molecule has 0 aliphatic carbocycles. The molecule has 0 saturated heterocycles. The normalized spacial score (nSPS) is 11.3. The van der Waals surface area contributed by atoms with Crippen molar-refractivity contribution in [2.24, 2.45) is 0 Å². The molecule has 9 rings (SSSR count). The molecular formula is C54H42N2S. The lowest BCUT2D eigenvalue weighted by Crippen LogP contribution is -2.09. The number of nitrogens with zero attached hydrogens (tertiary/aromatic N) is 2. The van der Waals surface area contributed by atoms with E-state index in [1.807, 2.05) is 12.2 Å². The van der Waals surface area contributed by atoms with E-state index in [4.69, 9.17) is 0 Å². The summed E-state index contributed by atoms with van der Waals surface area (Å²) in [7, 11) is 0. The first kappa shape index (κ1) is 36.9. The number of anilines is 3. The van der Waals surface area contributed by atoms with Gasteiger partial charge in [0.25, 0.3) is 0 Å². The highest BCUT2D eigenvalue weighted by molar-refractivity contribution is 7.59. The average Bonchev–Trinajstić information content (AvgIpc) is 3.61. The van der Waals surface area contributed by atoms with Crippen LogP contribution in [0.4, 0.5) is 17.1 Å². The Bertz CT molecular complexity index is 2830. The molecule has 0 spiro atoms. The molecule has 0 radical (unpaired) electrons. The number of rotatable bonds is 10. The average molecular weight is 751 g/mol. The minimum absolute atomic E-state index is 0. The van der Waals surface area contributed by atoms with E-state index in [1.165, 1.54) is 60.9 Å². The molecule has 0 amide bonds. The van der Waals surface area contributed by atoms with Gasteiger partial charge in [-0.05, 0) is 111 Å². The topological polar surface area (TPSA) is 8.17 Å². The molecule has 1 heterocycles. The van der Waals surface area contributed by atoms with Crippen LogP contribution in [0.2, 0.25) is 0 Å². The maximum atomic E-state index is 4.00. The van der Waals surface area contributed by atoms with Crippen LogP contribution in [0, 0.1) is 0 Å². The Labute approximate surface area is 342 Å². The van der Waals surface area contributed by atoms with Crippen LogP contribution < -0.4 is 4.90 Å². The summed E-state index contributed by atoms with van der Waals surface area (Å²) >= 11 is 0. The first-order chi connectivity index (χ1) is 27.7. The summed E-state index contributed by atoms with van der Waals surface area (Å²) in [4.78, 5) is 2.31. The van der Waals surface area contributed by atoms with Gasteiger partial charge >= 0.3 is 0 Å². The molecule has 0 aliphatic heterocycles. The van der Waals surface area contributed by atoms with Gasteiger partial charge in [0, 0.05) is 33.5 Å². The minimum Gasteiger partial charge on any atom is -0.311 e. The zero-order valence-electron chi connectivity index (χ0n) is 31.6. The molecule has 0 saturated carbocycles. The third-order valence-corrected chi connectivity index (χ3v) is 10.6. The number of benzene rings is 8. The second kappa shape index (κ2) is 16.3. The summed E-state index contributed by atoms with van der Waals surface area (Å²) < 4.78 is 2.36. The quantitative estimate of drug-likeness (QED) is 0.126. The van der Waals surface area contributed by atoms with Crippen molar-refractivity contribution < 1.29 is 0 Å². The largest absolute Gasteiger partial charge is 0.311 e. The SMILES string of the molecule is C=C/C=C(\C=C)c1ccc(N(c2ccc(-c3ccccc3)cc2)c2ccc(-c3ccc(-c4ccc5c(c4)c4ccccc4n5-c4ccccc4)cc3)cc2)cc1.S. The first-order valence-electron chi connectivity index (χ1n) is 19.0. The van der Waals surface area contributed by atoms with E-state index in [0.29, 0.717) is 0 Å². The lowest BCUT2D eigenvalue weighted by molar-refractivity contribution is 1.18. The van der Waals surface area contributed by atoms with Gasteiger partial charge in [0.2, 0.25) is 0 Å².